The van der Waals surface area contributed by atoms with E-state index >= 15 is 0 Å². The van der Waals surface area contributed by atoms with E-state index in [9.17, 15) is 4.39 Å². The van der Waals surface area contributed by atoms with Gasteiger partial charge in [0, 0.05) is 5.33 Å². The molecule has 0 radical (unpaired) electrons. The molecule has 1 rings (SSSR count). The Morgan fingerprint density at radius 2 is 2.25 bits per heavy atom. The van der Waals surface area contributed by atoms with Crippen molar-refractivity contribution in [3.05, 3.63) is 29.6 Å². The molecule has 3 heteroatoms. The first-order valence-electron chi connectivity index (χ1n) is 3.75. The average molecular weight is 233 g/mol. The topological polar surface area (TPSA) is 9.23 Å². The molecule has 0 unspecified atom stereocenters. The third-order valence-corrected chi connectivity index (χ3v) is 2.10. The Kier molecular flexibility index (Phi) is 3.53. The number of hydrogen-bond acceptors (Lipinski definition) is 1. The Balaban J connectivity index is 2.87. The predicted molar refractivity (Wildman–Crippen MR) is 50.2 cm³/mol. The summed E-state index contributed by atoms with van der Waals surface area (Å²) in [5.74, 6) is 0.0241. The van der Waals surface area contributed by atoms with Gasteiger partial charge in [0.2, 0.25) is 0 Å². The van der Waals surface area contributed by atoms with Crippen LogP contribution in [0.4, 0.5) is 4.39 Å². The smallest absolute Gasteiger partial charge is 0.165 e. The lowest BCUT2D eigenvalue weighted by atomic mass is 10.2. The molecule has 0 aliphatic rings. The second-order valence-electron chi connectivity index (χ2n) is 2.33. The third kappa shape index (κ3) is 2.21. The van der Waals surface area contributed by atoms with Crippen LogP contribution < -0.4 is 4.74 Å². The maximum atomic E-state index is 13.1. The van der Waals surface area contributed by atoms with Crippen LogP contribution in [-0.4, -0.2) is 6.61 Å². The zero-order valence-electron chi connectivity index (χ0n) is 6.81. The summed E-state index contributed by atoms with van der Waals surface area (Å²) in [6.07, 6.45) is 0. The van der Waals surface area contributed by atoms with Crippen molar-refractivity contribution in [2.24, 2.45) is 0 Å². The van der Waals surface area contributed by atoms with Crippen LogP contribution >= 0.6 is 15.9 Å². The Labute approximate surface area is 79.7 Å². The molecule has 0 fully saturated rings. The first-order valence-corrected chi connectivity index (χ1v) is 4.87. The van der Waals surface area contributed by atoms with Crippen molar-refractivity contribution in [3.8, 4) is 5.75 Å². The molecular weight excluding hydrogens is 223 g/mol. The van der Waals surface area contributed by atoms with E-state index in [1.807, 2.05) is 13.0 Å². The van der Waals surface area contributed by atoms with Crippen LogP contribution in [0.25, 0.3) is 0 Å². The standard InChI is InChI=1S/C9H10BrFO/c1-2-12-9-4-3-7(6-10)5-8(9)11/h3-5H,2,6H2,1H3. The number of benzene rings is 1. The summed E-state index contributed by atoms with van der Waals surface area (Å²) in [6.45, 7) is 2.32. The quantitative estimate of drug-likeness (QED) is 0.729. The number of ether oxygens (including phenoxy) is 1. The molecule has 66 valence electrons. The van der Waals surface area contributed by atoms with Gasteiger partial charge in [-0.1, -0.05) is 22.0 Å². The summed E-state index contributed by atoms with van der Waals surface area (Å²) in [7, 11) is 0. The Hall–Kier alpha value is -0.570. The zero-order chi connectivity index (χ0) is 8.97. The maximum absolute atomic E-state index is 13.1. The highest BCUT2D eigenvalue weighted by Crippen LogP contribution is 2.19. The molecule has 0 N–H and O–H groups in total. The van der Waals surface area contributed by atoms with E-state index in [0.29, 0.717) is 17.7 Å². The normalized spacial score (nSPS) is 9.92. The summed E-state index contributed by atoms with van der Waals surface area (Å²) in [6, 6.07) is 4.96. The molecular formula is C9H10BrFO. The van der Waals surface area contributed by atoms with Crippen LogP contribution in [0.5, 0.6) is 5.75 Å². The van der Waals surface area contributed by atoms with Gasteiger partial charge in [-0.2, -0.15) is 0 Å². The SMILES string of the molecule is CCOc1ccc(CBr)cc1F. The highest BCUT2D eigenvalue weighted by molar-refractivity contribution is 9.08. The minimum atomic E-state index is -0.297. The first kappa shape index (κ1) is 9.52. The summed E-state index contributed by atoms with van der Waals surface area (Å²) < 4.78 is 18.1. The van der Waals surface area contributed by atoms with Gasteiger partial charge in [-0.3, -0.25) is 0 Å². The molecule has 1 aromatic rings. The molecule has 0 heterocycles. The second-order valence-corrected chi connectivity index (χ2v) is 2.89. The fourth-order valence-electron chi connectivity index (χ4n) is 0.900. The van der Waals surface area contributed by atoms with Crippen LogP contribution in [0.3, 0.4) is 0 Å². The minimum Gasteiger partial charge on any atom is -0.491 e. The van der Waals surface area contributed by atoms with Gasteiger partial charge in [-0.15, -0.1) is 0 Å². The molecule has 0 aliphatic heterocycles. The van der Waals surface area contributed by atoms with Gasteiger partial charge in [0.05, 0.1) is 6.61 Å². The summed E-state index contributed by atoms with van der Waals surface area (Å²) >= 11 is 3.25. The van der Waals surface area contributed by atoms with E-state index in [2.05, 4.69) is 15.9 Å². The van der Waals surface area contributed by atoms with Gasteiger partial charge in [0.15, 0.2) is 11.6 Å². The predicted octanol–water partition coefficient (Wildman–Crippen LogP) is 3.12. The van der Waals surface area contributed by atoms with Crippen molar-refractivity contribution in [2.75, 3.05) is 6.61 Å². The number of hydrogen-bond donors (Lipinski definition) is 0. The van der Waals surface area contributed by atoms with Crippen LogP contribution in [0.2, 0.25) is 0 Å². The maximum Gasteiger partial charge on any atom is 0.165 e. The summed E-state index contributed by atoms with van der Waals surface area (Å²) in [5, 5.41) is 0.663. The van der Waals surface area contributed by atoms with Crippen molar-refractivity contribution in [1.82, 2.24) is 0 Å². The molecule has 1 aromatic carbocycles. The molecule has 0 aliphatic carbocycles. The lowest BCUT2D eigenvalue weighted by Crippen LogP contribution is -1.94. The molecule has 12 heavy (non-hydrogen) atoms. The second kappa shape index (κ2) is 4.45. The van der Waals surface area contributed by atoms with Gasteiger partial charge in [0.25, 0.3) is 0 Å². The van der Waals surface area contributed by atoms with E-state index in [1.165, 1.54) is 6.07 Å². The highest BCUT2D eigenvalue weighted by Gasteiger charge is 2.02. The summed E-state index contributed by atoms with van der Waals surface area (Å²) in [4.78, 5) is 0. The largest absolute Gasteiger partial charge is 0.491 e. The van der Waals surface area contributed by atoms with Crippen molar-refractivity contribution in [2.45, 2.75) is 12.3 Å². The number of rotatable bonds is 3. The zero-order valence-corrected chi connectivity index (χ0v) is 8.40. The van der Waals surface area contributed by atoms with Gasteiger partial charge >= 0.3 is 0 Å². The molecule has 0 saturated carbocycles. The van der Waals surface area contributed by atoms with Crippen LogP contribution in [0, 0.1) is 5.82 Å². The Morgan fingerprint density at radius 3 is 2.75 bits per heavy atom. The minimum absolute atomic E-state index is 0.297. The fourth-order valence-corrected chi connectivity index (χ4v) is 1.25. The molecule has 0 amide bonds. The van der Waals surface area contributed by atoms with Crippen LogP contribution in [0.15, 0.2) is 18.2 Å². The van der Waals surface area contributed by atoms with E-state index in [-0.39, 0.29) is 5.82 Å². The van der Waals surface area contributed by atoms with Crippen molar-refractivity contribution in [3.63, 3.8) is 0 Å². The third-order valence-electron chi connectivity index (χ3n) is 1.45. The molecule has 0 saturated heterocycles. The Morgan fingerprint density at radius 1 is 1.50 bits per heavy atom. The molecule has 0 aromatic heterocycles. The lowest BCUT2D eigenvalue weighted by molar-refractivity contribution is 0.321. The molecule has 0 atom stereocenters. The molecule has 0 bridgehead atoms. The molecule has 1 nitrogen and oxygen atoms in total. The van der Waals surface area contributed by atoms with Crippen molar-refractivity contribution < 1.29 is 9.13 Å². The van der Waals surface area contributed by atoms with Crippen molar-refractivity contribution >= 4 is 15.9 Å². The Bertz CT molecular complexity index is 263. The van der Waals surface area contributed by atoms with E-state index in [1.54, 1.807) is 6.07 Å². The van der Waals surface area contributed by atoms with Gasteiger partial charge in [-0.05, 0) is 24.6 Å². The monoisotopic (exact) mass is 232 g/mol. The van der Waals surface area contributed by atoms with E-state index in [0.717, 1.165) is 5.56 Å². The van der Waals surface area contributed by atoms with Crippen LogP contribution in [0.1, 0.15) is 12.5 Å². The van der Waals surface area contributed by atoms with Gasteiger partial charge < -0.3 is 4.74 Å². The average Bonchev–Trinajstić information content (AvgIpc) is 2.09. The van der Waals surface area contributed by atoms with Crippen molar-refractivity contribution in [1.29, 1.82) is 0 Å². The van der Waals surface area contributed by atoms with Gasteiger partial charge in [-0.25, -0.2) is 4.39 Å². The number of alkyl halides is 1. The highest BCUT2D eigenvalue weighted by atomic mass is 79.9. The number of halogens is 2. The molecule has 0 spiro atoms. The van der Waals surface area contributed by atoms with Gasteiger partial charge in [0.1, 0.15) is 0 Å². The fraction of sp³-hybridized carbons (Fsp3) is 0.333. The lowest BCUT2D eigenvalue weighted by Gasteiger charge is -2.04. The van der Waals surface area contributed by atoms with Crippen LogP contribution in [-0.2, 0) is 5.33 Å². The first-order chi connectivity index (χ1) is 5.77. The van der Waals surface area contributed by atoms with E-state index < -0.39 is 0 Å². The summed E-state index contributed by atoms with van der Waals surface area (Å²) in [5.41, 5.74) is 0.913. The van der Waals surface area contributed by atoms with E-state index in [4.69, 9.17) is 4.74 Å².